The highest BCUT2D eigenvalue weighted by molar-refractivity contribution is 5.92. The number of nitrogens with one attached hydrogen (secondary N) is 1. The SMILES string of the molecule is CCCCOc1ccc(/C=C\C(=O)NC(C)C)cc1N. The Morgan fingerprint density at radius 1 is 1.45 bits per heavy atom. The van der Waals surface area contributed by atoms with E-state index in [1.54, 1.807) is 12.1 Å². The fraction of sp³-hybridized carbons (Fsp3) is 0.438. The van der Waals surface area contributed by atoms with Crippen LogP contribution in [-0.4, -0.2) is 18.6 Å². The maximum Gasteiger partial charge on any atom is 0.244 e. The quantitative estimate of drug-likeness (QED) is 0.457. The summed E-state index contributed by atoms with van der Waals surface area (Å²) < 4.78 is 5.58. The Kier molecular flexibility index (Phi) is 6.64. The largest absolute Gasteiger partial charge is 0.491 e. The van der Waals surface area contributed by atoms with Gasteiger partial charge in [0, 0.05) is 12.1 Å². The monoisotopic (exact) mass is 276 g/mol. The summed E-state index contributed by atoms with van der Waals surface area (Å²) in [4.78, 5) is 11.5. The normalized spacial score (nSPS) is 11.0. The van der Waals surface area contributed by atoms with E-state index in [4.69, 9.17) is 10.5 Å². The molecule has 1 aromatic rings. The molecule has 1 amide bonds. The molecule has 1 aromatic carbocycles. The van der Waals surface area contributed by atoms with Crippen LogP contribution in [0.1, 0.15) is 39.2 Å². The van der Waals surface area contributed by atoms with Crippen LogP contribution in [-0.2, 0) is 4.79 Å². The maximum absolute atomic E-state index is 11.5. The van der Waals surface area contributed by atoms with Gasteiger partial charge in [0.25, 0.3) is 0 Å². The van der Waals surface area contributed by atoms with Crippen LogP contribution < -0.4 is 15.8 Å². The summed E-state index contributed by atoms with van der Waals surface area (Å²) >= 11 is 0. The zero-order valence-electron chi connectivity index (χ0n) is 12.5. The summed E-state index contributed by atoms with van der Waals surface area (Å²) in [5, 5.41) is 2.79. The predicted octanol–water partition coefficient (Wildman–Crippen LogP) is 2.99. The molecule has 0 saturated carbocycles. The molecule has 0 fully saturated rings. The van der Waals surface area contributed by atoms with Crippen molar-refractivity contribution in [3.05, 3.63) is 29.8 Å². The summed E-state index contributed by atoms with van der Waals surface area (Å²) in [6.07, 6.45) is 5.35. The van der Waals surface area contributed by atoms with Crippen molar-refractivity contribution in [1.29, 1.82) is 0 Å². The van der Waals surface area contributed by atoms with Gasteiger partial charge in [0.15, 0.2) is 0 Å². The number of nitrogen functional groups attached to an aromatic ring is 1. The van der Waals surface area contributed by atoms with Gasteiger partial charge in [-0.05, 0) is 44.0 Å². The van der Waals surface area contributed by atoms with E-state index < -0.39 is 0 Å². The number of nitrogens with two attached hydrogens (primary N) is 1. The van der Waals surface area contributed by atoms with Gasteiger partial charge in [0.2, 0.25) is 5.91 Å². The Hall–Kier alpha value is -1.97. The minimum Gasteiger partial charge on any atom is -0.491 e. The maximum atomic E-state index is 11.5. The fourth-order valence-electron chi connectivity index (χ4n) is 1.63. The van der Waals surface area contributed by atoms with Crippen LogP contribution >= 0.6 is 0 Å². The van der Waals surface area contributed by atoms with Crippen molar-refractivity contribution in [2.24, 2.45) is 0 Å². The molecule has 4 nitrogen and oxygen atoms in total. The number of carbonyl (C=O) groups is 1. The number of unbranched alkanes of at least 4 members (excludes halogenated alkanes) is 1. The first kappa shape index (κ1) is 16.1. The molecular weight excluding hydrogens is 252 g/mol. The van der Waals surface area contributed by atoms with Gasteiger partial charge >= 0.3 is 0 Å². The van der Waals surface area contributed by atoms with Gasteiger partial charge in [-0.2, -0.15) is 0 Å². The molecule has 110 valence electrons. The van der Waals surface area contributed by atoms with Gasteiger partial charge < -0.3 is 15.8 Å². The Morgan fingerprint density at radius 2 is 2.20 bits per heavy atom. The zero-order chi connectivity index (χ0) is 15.0. The van der Waals surface area contributed by atoms with Gasteiger partial charge in [-0.15, -0.1) is 0 Å². The third-order valence-electron chi connectivity index (χ3n) is 2.65. The van der Waals surface area contributed by atoms with Gasteiger partial charge in [-0.1, -0.05) is 19.4 Å². The number of rotatable bonds is 7. The Labute approximate surface area is 121 Å². The van der Waals surface area contributed by atoms with E-state index in [0.29, 0.717) is 18.0 Å². The van der Waals surface area contributed by atoms with Crippen molar-refractivity contribution in [2.45, 2.75) is 39.7 Å². The number of ether oxygens (including phenoxy) is 1. The molecule has 0 aliphatic carbocycles. The van der Waals surface area contributed by atoms with E-state index >= 15 is 0 Å². The topological polar surface area (TPSA) is 64.3 Å². The first-order valence-corrected chi connectivity index (χ1v) is 7.03. The second-order valence-corrected chi connectivity index (χ2v) is 5.00. The molecule has 0 spiro atoms. The summed E-state index contributed by atoms with van der Waals surface area (Å²) in [6.45, 7) is 6.63. The molecular formula is C16H24N2O2. The first-order valence-electron chi connectivity index (χ1n) is 7.03. The first-order chi connectivity index (χ1) is 9.52. The molecule has 20 heavy (non-hydrogen) atoms. The second-order valence-electron chi connectivity index (χ2n) is 5.00. The molecule has 0 heterocycles. The van der Waals surface area contributed by atoms with Gasteiger partial charge in [-0.25, -0.2) is 0 Å². The molecule has 0 saturated heterocycles. The lowest BCUT2D eigenvalue weighted by molar-refractivity contribution is -0.116. The molecule has 0 radical (unpaired) electrons. The highest BCUT2D eigenvalue weighted by atomic mass is 16.5. The van der Waals surface area contributed by atoms with E-state index in [1.165, 1.54) is 6.08 Å². The van der Waals surface area contributed by atoms with E-state index in [0.717, 1.165) is 18.4 Å². The van der Waals surface area contributed by atoms with Gasteiger partial charge in [-0.3, -0.25) is 4.79 Å². The van der Waals surface area contributed by atoms with Crippen LogP contribution in [0.5, 0.6) is 5.75 Å². The summed E-state index contributed by atoms with van der Waals surface area (Å²) in [5.74, 6) is 0.587. The molecule has 0 aromatic heterocycles. The van der Waals surface area contributed by atoms with Crippen LogP contribution in [0.4, 0.5) is 5.69 Å². The lowest BCUT2D eigenvalue weighted by Gasteiger charge is -2.09. The summed E-state index contributed by atoms with van der Waals surface area (Å²) in [7, 11) is 0. The Bertz CT molecular complexity index is 468. The highest BCUT2D eigenvalue weighted by Crippen LogP contribution is 2.23. The van der Waals surface area contributed by atoms with Crippen molar-refractivity contribution in [3.63, 3.8) is 0 Å². The van der Waals surface area contributed by atoms with E-state index in [-0.39, 0.29) is 11.9 Å². The van der Waals surface area contributed by atoms with Crippen LogP contribution in [0.25, 0.3) is 6.08 Å². The minimum atomic E-state index is -0.109. The molecule has 1 rings (SSSR count). The standard InChI is InChI=1S/C16H24N2O2/c1-4-5-10-20-15-8-6-13(11-14(15)17)7-9-16(19)18-12(2)3/h6-9,11-12H,4-5,10,17H2,1-3H3,(H,18,19)/b9-7-. The molecule has 0 aliphatic heterocycles. The van der Waals surface area contributed by atoms with Crippen molar-refractivity contribution >= 4 is 17.7 Å². The van der Waals surface area contributed by atoms with Gasteiger partial charge in [0.1, 0.15) is 5.75 Å². The lowest BCUT2D eigenvalue weighted by Crippen LogP contribution is -2.28. The lowest BCUT2D eigenvalue weighted by atomic mass is 10.1. The molecule has 0 unspecified atom stereocenters. The highest BCUT2D eigenvalue weighted by Gasteiger charge is 2.02. The second kappa shape index (κ2) is 8.25. The average Bonchev–Trinajstić information content (AvgIpc) is 2.38. The van der Waals surface area contributed by atoms with Crippen molar-refractivity contribution in [2.75, 3.05) is 12.3 Å². The molecule has 4 heteroatoms. The molecule has 3 N–H and O–H groups in total. The molecule has 0 aliphatic rings. The molecule has 0 bridgehead atoms. The average molecular weight is 276 g/mol. The van der Waals surface area contributed by atoms with E-state index in [1.807, 2.05) is 26.0 Å². The fourth-order valence-corrected chi connectivity index (χ4v) is 1.63. The number of hydrogen-bond acceptors (Lipinski definition) is 3. The predicted molar refractivity (Wildman–Crippen MR) is 83.6 cm³/mol. The summed E-state index contributed by atoms with van der Waals surface area (Å²) in [5.41, 5.74) is 7.40. The smallest absolute Gasteiger partial charge is 0.244 e. The zero-order valence-corrected chi connectivity index (χ0v) is 12.5. The third-order valence-corrected chi connectivity index (χ3v) is 2.65. The summed E-state index contributed by atoms with van der Waals surface area (Å²) in [6, 6.07) is 5.66. The van der Waals surface area contributed by atoms with Crippen LogP contribution in [0, 0.1) is 0 Å². The molecule has 0 atom stereocenters. The van der Waals surface area contributed by atoms with Crippen LogP contribution in [0.3, 0.4) is 0 Å². The number of benzene rings is 1. The third kappa shape index (κ3) is 5.78. The number of carbonyl (C=O) groups excluding carboxylic acids is 1. The number of hydrogen-bond donors (Lipinski definition) is 2. The van der Waals surface area contributed by atoms with Crippen molar-refractivity contribution in [1.82, 2.24) is 5.32 Å². The van der Waals surface area contributed by atoms with Crippen LogP contribution in [0.2, 0.25) is 0 Å². The van der Waals surface area contributed by atoms with E-state index in [9.17, 15) is 4.79 Å². The minimum absolute atomic E-state index is 0.109. The van der Waals surface area contributed by atoms with Crippen LogP contribution in [0.15, 0.2) is 24.3 Å². The van der Waals surface area contributed by atoms with Gasteiger partial charge in [0.05, 0.1) is 12.3 Å². The van der Waals surface area contributed by atoms with Crippen molar-refractivity contribution < 1.29 is 9.53 Å². The van der Waals surface area contributed by atoms with E-state index in [2.05, 4.69) is 12.2 Å². The number of amides is 1. The Morgan fingerprint density at radius 3 is 2.80 bits per heavy atom. The Balaban J connectivity index is 2.62. The van der Waals surface area contributed by atoms with Crippen molar-refractivity contribution in [3.8, 4) is 5.75 Å². The number of anilines is 1.